The van der Waals surface area contributed by atoms with Crippen molar-refractivity contribution in [1.82, 2.24) is 9.80 Å². The van der Waals surface area contributed by atoms with Crippen molar-refractivity contribution in [2.24, 2.45) is 17.8 Å². The summed E-state index contributed by atoms with van der Waals surface area (Å²) in [4.78, 5) is 32.4. The number of fused-ring (bicyclic) bond motifs is 2. The number of aliphatic hydroxyl groups is 2. The first-order valence-corrected chi connectivity index (χ1v) is 19.1. The highest BCUT2D eigenvalue weighted by Gasteiger charge is 2.56. The van der Waals surface area contributed by atoms with E-state index in [0.717, 1.165) is 53.5 Å². The topological polar surface area (TPSA) is 111 Å². The van der Waals surface area contributed by atoms with Crippen LogP contribution in [-0.2, 0) is 16.1 Å². The normalized spacial score (nSPS) is 22.1. The van der Waals surface area contributed by atoms with Gasteiger partial charge in [0, 0.05) is 37.0 Å². The third kappa shape index (κ3) is 7.81. The molecule has 0 unspecified atom stereocenters. The lowest BCUT2D eigenvalue weighted by Gasteiger charge is -2.37. The second kappa shape index (κ2) is 16.5. The molecule has 2 amide bonds. The molecule has 0 spiro atoms. The van der Waals surface area contributed by atoms with Crippen molar-refractivity contribution >= 4 is 28.7 Å². The number of aromatic hydroxyl groups is 1. The number of phenols is 1. The number of nitrogens with zero attached hydrogens (tertiary/aromatic N) is 2. The number of para-hydroxylation sites is 1. The van der Waals surface area contributed by atoms with Gasteiger partial charge < -0.3 is 20.1 Å². The molecule has 8 nitrogen and oxygen atoms in total. The van der Waals surface area contributed by atoms with Crippen LogP contribution in [0, 0.1) is 17.8 Å². The second-order valence-electron chi connectivity index (χ2n) is 14.8. The van der Waals surface area contributed by atoms with Gasteiger partial charge in [0.2, 0.25) is 11.8 Å². The first-order chi connectivity index (χ1) is 25.9. The molecular weight excluding hydrogens is 665 g/mol. The number of phenolic OH excluding ortho intramolecular Hbond substituents is 1. The maximum atomic E-state index is 14.3. The third-order valence-corrected chi connectivity index (χ3v) is 11.6. The number of allylic oxidation sites excluding steroid dienone is 1. The zero-order chi connectivity index (χ0) is 36.9. The van der Waals surface area contributed by atoms with E-state index in [0.29, 0.717) is 43.4 Å². The van der Waals surface area contributed by atoms with Crippen molar-refractivity contribution in [2.75, 3.05) is 26.3 Å². The minimum Gasteiger partial charge on any atom is -0.507 e. The van der Waals surface area contributed by atoms with Gasteiger partial charge in [-0.15, -0.1) is 0 Å². The number of carbonyl (C=O) groups excluding carboxylic acids is 2. The number of ether oxygens (including phenoxy) is 1. The minimum atomic E-state index is -0.938. The van der Waals surface area contributed by atoms with E-state index < -0.39 is 23.9 Å². The Hall–Kier alpha value is -4.76. The van der Waals surface area contributed by atoms with Crippen molar-refractivity contribution < 1.29 is 29.6 Å². The van der Waals surface area contributed by atoms with E-state index in [1.165, 1.54) is 10.5 Å². The highest BCUT2D eigenvalue weighted by atomic mass is 16.5. The van der Waals surface area contributed by atoms with E-state index >= 15 is 0 Å². The van der Waals surface area contributed by atoms with Crippen molar-refractivity contribution in [2.45, 2.75) is 64.1 Å². The van der Waals surface area contributed by atoms with Crippen LogP contribution >= 0.6 is 0 Å². The van der Waals surface area contributed by atoms with Gasteiger partial charge in [-0.1, -0.05) is 97.4 Å². The maximum absolute atomic E-state index is 14.3. The van der Waals surface area contributed by atoms with Crippen molar-refractivity contribution in [3.8, 4) is 11.5 Å². The van der Waals surface area contributed by atoms with Gasteiger partial charge in [0.1, 0.15) is 18.1 Å². The fraction of sp³-hybridized carbons (Fsp3) is 0.378. The summed E-state index contributed by atoms with van der Waals surface area (Å²) in [5.41, 5.74) is 4.79. The molecule has 2 fully saturated rings. The zero-order valence-electron chi connectivity index (χ0n) is 30.4. The fourth-order valence-corrected chi connectivity index (χ4v) is 8.82. The van der Waals surface area contributed by atoms with Crippen LogP contribution in [0.2, 0.25) is 0 Å². The number of benzene rings is 4. The molecule has 4 atom stereocenters. The molecule has 276 valence electrons. The van der Waals surface area contributed by atoms with Crippen LogP contribution in [-0.4, -0.2) is 75.4 Å². The molecule has 53 heavy (non-hydrogen) atoms. The summed E-state index contributed by atoms with van der Waals surface area (Å²) in [6.07, 6.45) is 4.67. The first-order valence-electron chi connectivity index (χ1n) is 19.1. The van der Waals surface area contributed by atoms with E-state index in [1.54, 1.807) is 6.07 Å². The fourth-order valence-electron chi connectivity index (χ4n) is 8.82. The highest BCUT2D eigenvalue weighted by molar-refractivity contribution is 6.06. The summed E-state index contributed by atoms with van der Waals surface area (Å²) >= 11 is 0. The van der Waals surface area contributed by atoms with Gasteiger partial charge in [0.25, 0.3) is 0 Å². The van der Waals surface area contributed by atoms with Crippen LogP contribution in [0.25, 0.3) is 16.8 Å². The van der Waals surface area contributed by atoms with E-state index in [9.17, 15) is 24.9 Å². The van der Waals surface area contributed by atoms with Crippen LogP contribution in [0.4, 0.5) is 0 Å². The largest absolute Gasteiger partial charge is 0.507 e. The number of hydrogen-bond donors (Lipinski definition) is 3. The molecule has 2 aliphatic heterocycles. The number of amides is 2. The van der Waals surface area contributed by atoms with Gasteiger partial charge in [-0.2, -0.15) is 0 Å². The van der Waals surface area contributed by atoms with Gasteiger partial charge in [0.05, 0.1) is 24.5 Å². The van der Waals surface area contributed by atoms with Gasteiger partial charge >= 0.3 is 0 Å². The SMILES string of the molecule is CC/C(=C\c1ccc(O)c2ccccc12)CC[C@@H](O)C1=C(COc2ccccc2)C[C@H]2C(=O)N(C3CCN(Cc4ccccc4)CC3)C(=O)[C@H]2[C@H]1CO. The molecule has 8 heteroatoms. The number of rotatable bonds is 13. The molecule has 3 N–H and O–H groups in total. The predicted molar refractivity (Wildman–Crippen MR) is 207 cm³/mol. The molecule has 0 aromatic heterocycles. The van der Waals surface area contributed by atoms with E-state index in [2.05, 4.69) is 30.0 Å². The second-order valence-corrected chi connectivity index (χ2v) is 14.8. The Morgan fingerprint density at radius 2 is 1.57 bits per heavy atom. The third-order valence-electron chi connectivity index (χ3n) is 11.6. The van der Waals surface area contributed by atoms with Crippen molar-refractivity contribution in [3.63, 3.8) is 0 Å². The van der Waals surface area contributed by atoms with Crippen LogP contribution in [0.15, 0.2) is 114 Å². The molecular formula is C45H50N2O6. The van der Waals surface area contributed by atoms with Crippen molar-refractivity contribution in [3.05, 3.63) is 125 Å². The lowest BCUT2D eigenvalue weighted by molar-refractivity contribution is -0.144. The molecule has 4 aromatic rings. The monoisotopic (exact) mass is 714 g/mol. The Balaban J connectivity index is 1.11. The lowest BCUT2D eigenvalue weighted by Crippen LogP contribution is -2.47. The molecule has 1 aliphatic carbocycles. The van der Waals surface area contributed by atoms with Crippen LogP contribution in [0.1, 0.15) is 56.6 Å². The van der Waals surface area contributed by atoms with Crippen molar-refractivity contribution in [1.29, 1.82) is 0 Å². The van der Waals surface area contributed by atoms with Gasteiger partial charge in [-0.05, 0) is 84.4 Å². The molecule has 2 heterocycles. The Morgan fingerprint density at radius 3 is 2.26 bits per heavy atom. The number of likely N-dealkylation sites (tertiary alicyclic amines) is 2. The predicted octanol–water partition coefficient (Wildman–Crippen LogP) is 7.13. The molecule has 0 bridgehead atoms. The molecule has 7 rings (SSSR count). The Kier molecular flexibility index (Phi) is 11.4. The number of imide groups is 1. The minimum absolute atomic E-state index is 0.158. The van der Waals surface area contributed by atoms with E-state index in [1.807, 2.05) is 78.9 Å². The smallest absolute Gasteiger partial charge is 0.234 e. The number of carbonyl (C=O) groups is 2. The molecule has 0 radical (unpaired) electrons. The molecule has 3 aliphatic rings. The highest BCUT2D eigenvalue weighted by Crippen LogP contribution is 2.47. The summed E-state index contributed by atoms with van der Waals surface area (Å²) in [6.45, 7) is 4.32. The Labute approximate surface area is 312 Å². The number of aliphatic hydroxyl groups excluding tert-OH is 2. The van der Waals surface area contributed by atoms with Gasteiger partial charge in [0.15, 0.2) is 0 Å². The molecule has 0 saturated carbocycles. The maximum Gasteiger partial charge on any atom is 0.234 e. The average Bonchev–Trinajstić information content (AvgIpc) is 3.45. The number of hydrogen-bond acceptors (Lipinski definition) is 7. The van der Waals surface area contributed by atoms with Gasteiger partial charge in [-0.3, -0.25) is 19.4 Å². The quantitative estimate of drug-likeness (QED) is 0.0999. The average molecular weight is 715 g/mol. The lowest BCUT2D eigenvalue weighted by atomic mass is 9.68. The standard InChI is InChI=1S/C45H50N2O6/c1-2-30(25-32-18-20-40(49)37-16-10-9-15-36(32)37)17-19-41(50)42-33(29-53-35-13-7-4-8-14-35)26-38-43(39(42)28-48)45(52)47(44(38)51)34-21-23-46(24-22-34)27-31-11-5-3-6-12-31/h3-16,18,20,25,34,38-39,41,43,48-50H,2,17,19,21-24,26-29H2,1H3/b30-25+/t38-,39+,41-,43-/m1/s1. The summed E-state index contributed by atoms with van der Waals surface area (Å²) < 4.78 is 6.21. The molecule has 4 aromatic carbocycles. The Bertz CT molecular complexity index is 1970. The summed E-state index contributed by atoms with van der Waals surface area (Å²) in [5.74, 6) is -1.48. The number of piperidine rings is 1. The summed E-state index contributed by atoms with van der Waals surface area (Å²) in [6, 6.07) is 31.0. The zero-order valence-corrected chi connectivity index (χ0v) is 30.4. The first kappa shape index (κ1) is 36.6. The van der Waals surface area contributed by atoms with Gasteiger partial charge in [-0.25, -0.2) is 0 Å². The van der Waals surface area contributed by atoms with Crippen LogP contribution < -0.4 is 4.74 Å². The summed E-state index contributed by atoms with van der Waals surface area (Å²) in [7, 11) is 0. The van der Waals surface area contributed by atoms with E-state index in [4.69, 9.17) is 4.74 Å². The molecule has 2 saturated heterocycles. The Morgan fingerprint density at radius 1 is 0.887 bits per heavy atom. The summed E-state index contributed by atoms with van der Waals surface area (Å²) in [5, 5.41) is 35.1. The van der Waals surface area contributed by atoms with E-state index in [-0.39, 0.29) is 36.8 Å². The van der Waals surface area contributed by atoms with Crippen LogP contribution in [0.5, 0.6) is 11.5 Å². The van der Waals surface area contributed by atoms with Crippen LogP contribution in [0.3, 0.4) is 0 Å².